The Morgan fingerprint density at radius 3 is 2.38 bits per heavy atom. The number of nitrogens with one attached hydrogen (secondary N) is 1. The second-order valence-corrected chi connectivity index (χ2v) is 10.0. The molecule has 0 saturated carbocycles. The summed E-state index contributed by atoms with van der Waals surface area (Å²) in [6.07, 6.45) is 0. The Kier molecular flexibility index (Phi) is 5.00. The molecule has 4 rings (SSSR count). The highest BCUT2D eigenvalue weighted by atomic mass is 32.2. The monoisotopic (exact) mass is 392 g/mol. The van der Waals surface area contributed by atoms with E-state index < -0.39 is 9.84 Å². The van der Waals surface area contributed by atoms with Gasteiger partial charge in [-0.25, -0.2) is 13.4 Å². The Bertz CT molecular complexity index is 853. The molecule has 0 amide bonds. The predicted molar refractivity (Wildman–Crippen MR) is 105 cm³/mol. The maximum atomic E-state index is 12.4. The van der Waals surface area contributed by atoms with Crippen LogP contribution in [0.1, 0.15) is 11.3 Å². The summed E-state index contributed by atoms with van der Waals surface area (Å²) in [5.41, 5.74) is 2.25. The van der Waals surface area contributed by atoms with E-state index in [1.807, 2.05) is 25.2 Å². The summed E-state index contributed by atoms with van der Waals surface area (Å²) < 4.78 is 24.7. The number of sulfone groups is 1. The lowest BCUT2D eigenvalue weighted by Gasteiger charge is -2.43. The number of nitrogens with zero attached hydrogens (tertiary/aromatic N) is 3. The molecule has 140 valence electrons. The van der Waals surface area contributed by atoms with Crippen molar-refractivity contribution in [2.24, 2.45) is 0 Å². The molecule has 2 aliphatic rings. The van der Waals surface area contributed by atoms with Crippen LogP contribution in [0.25, 0.3) is 0 Å². The zero-order valence-electron chi connectivity index (χ0n) is 14.8. The van der Waals surface area contributed by atoms with Gasteiger partial charge in [-0.05, 0) is 5.56 Å². The second-order valence-electron chi connectivity index (χ2n) is 7.03. The number of anilines is 1. The van der Waals surface area contributed by atoms with E-state index >= 15 is 0 Å². The smallest absolute Gasteiger partial charge is 0.182 e. The summed E-state index contributed by atoms with van der Waals surface area (Å²) in [5, 5.41) is 6.02. The van der Waals surface area contributed by atoms with Crippen molar-refractivity contribution in [3.8, 4) is 0 Å². The lowest BCUT2D eigenvalue weighted by molar-refractivity contribution is 0.0349. The Balaban J connectivity index is 1.51. The third-order valence-corrected chi connectivity index (χ3v) is 7.87. The lowest BCUT2D eigenvalue weighted by atomic mass is 10.0. The largest absolute Gasteiger partial charge is 0.365 e. The third kappa shape index (κ3) is 3.78. The minimum Gasteiger partial charge on any atom is -0.365 e. The fourth-order valence-electron chi connectivity index (χ4n) is 4.01. The molecule has 2 atom stereocenters. The van der Waals surface area contributed by atoms with Gasteiger partial charge in [0.25, 0.3) is 0 Å². The number of rotatable bonds is 5. The molecule has 0 spiro atoms. The van der Waals surface area contributed by atoms with Crippen molar-refractivity contribution in [2.75, 3.05) is 37.0 Å². The molecule has 26 heavy (non-hydrogen) atoms. The Morgan fingerprint density at radius 1 is 1.12 bits per heavy atom. The quantitative estimate of drug-likeness (QED) is 0.835. The molecule has 1 N–H and O–H groups in total. The first-order valence-electron chi connectivity index (χ1n) is 8.89. The summed E-state index contributed by atoms with van der Waals surface area (Å²) in [4.78, 5) is 9.22. The predicted octanol–water partition coefficient (Wildman–Crippen LogP) is 1.67. The summed E-state index contributed by atoms with van der Waals surface area (Å²) in [6.45, 7) is 3.28. The first-order chi connectivity index (χ1) is 12.5. The van der Waals surface area contributed by atoms with E-state index in [2.05, 4.69) is 37.6 Å². The lowest BCUT2D eigenvalue weighted by Crippen LogP contribution is -2.58. The van der Waals surface area contributed by atoms with Crippen LogP contribution < -0.4 is 5.32 Å². The molecule has 2 fully saturated rings. The molecule has 3 heterocycles. The standard InChI is InChI=1S/C18H24N4O2S2/c1-19-18-20-15(11-25-18)10-22-8-7-21(9-14-5-3-2-4-6-14)16-12-26(23,24)13-17(16)22/h2-6,11,16-17H,7-10,12-13H2,1H3,(H,19,20)/t16-,17+/m1/s1. The molecule has 0 unspecified atom stereocenters. The maximum absolute atomic E-state index is 12.4. The van der Waals surface area contributed by atoms with Crippen molar-refractivity contribution in [3.63, 3.8) is 0 Å². The molecule has 2 saturated heterocycles. The van der Waals surface area contributed by atoms with Crippen molar-refractivity contribution in [3.05, 3.63) is 47.0 Å². The Labute approximate surface area is 158 Å². The fourth-order valence-corrected chi connectivity index (χ4v) is 6.72. The van der Waals surface area contributed by atoms with Gasteiger partial charge in [-0.1, -0.05) is 30.3 Å². The van der Waals surface area contributed by atoms with Gasteiger partial charge in [0.15, 0.2) is 15.0 Å². The third-order valence-electron chi connectivity index (χ3n) is 5.27. The molecule has 2 aliphatic heterocycles. The van der Waals surface area contributed by atoms with Crippen LogP contribution in [-0.4, -0.2) is 66.9 Å². The number of fused-ring (bicyclic) bond motifs is 1. The van der Waals surface area contributed by atoms with E-state index in [0.29, 0.717) is 6.54 Å². The van der Waals surface area contributed by atoms with Gasteiger partial charge in [-0.2, -0.15) is 0 Å². The van der Waals surface area contributed by atoms with Gasteiger partial charge in [0.1, 0.15) is 0 Å². The van der Waals surface area contributed by atoms with Gasteiger partial charge >= 0.3 is 0 Å². The molecule has 0 aliphatic carbocycles. The van der Waals surface area contributed by atoms with E-state index in [0.717, 1.165) is 30.5 Å². The molecule has 1 aromatic carbocycles. The van der Waals surface area contributed by atoms with Gasteiger partial charge in [-0.15, -0.1) is 11.3 Å². The van der Waals surface area contributed by atoms with Crippen molar-refractivity contribution in [2.45, 2.75) is 25.2 Å². The first kappa shape index (κ1) is 17.9. The number of thiazole rings is 1. The van der Waals surface area contributed by atoms with Crippen molar-refractivity contribution in [1.82, 2.24) is 14.8 Å². The van der Waals surface area contributed by atoms with Crippen LogP contribution >= 0.6 is 11.3 Å². The fraction of sp³-hybridized carbons (Fsp3) is 0.500. The van der Waals surface area contributed by atoms with Gasteiger partial charge < -0.3 is 5.32 Å². The summed E-state index contributed by atoms with van der Waals surface area (Å²) in [5.74, 6) is 0.520. The summed E-state index contributed by atoms with van der Waals surface area (Å²) in [6, 6.07) is 10.4. The molecule has 0 bridgehead atoms. The van der Waals surface area contributed by atoms with Crippen LogP contribution in [0.5, 0.6) is 0 Å². The number of hydrogen-bond acceptors (Lipinski definition) is 7. The molecule has 6 nitrogen and oxygen atoms in total. The highest BCUT2D eigenvalue weighted by molar-refractivity contribution is 7.91. The SMILES string of the molecule is CNc1nc(CN2CCN(Cc3ccccc3)[C@@H]3CS(=O)(=O)C[C@@H]32)cs1. The molecule has 0 radical (unpaired) electrons. The van der Waals surface area contributed by atoms with E-state index in [-0.39, 0.29) is 23.6 Å². The van der Waals surface area contributed by atoms with E-state index in [4.69, 9.17) is 0 Å². The van der Waals surface area contributed by atoms with E-state index in [1.165, 1.54) is 5.56 Å². The molecule has 8 heteroatoms. The highest BCUT2D eigenvalue weighted by Crippen LogP contribution is 2.29. The minimum absolute atomic E-state index is 0.0530. The van der Waals surface area contributed by atoms with Crippen LogP contribution in [0.4, 0.5) is 5.13 Å². The van der Waals surface area contributed by atoms with Crippen molar-refractivity contribution in [1.29, 1.82) is 0 Å². The van der Waals surface area contributed by atoms with Crippen LogP contribution in [0.15, 0.2) is 35.7 Å². The Morgan fingerprint density at radius 2 is 1.77 bits per heavy atom. The normalized spacial score (nSPS) is 25.9. The minimum atomic E-state index is -2.99. The van der Waals surface area contributed by atoms with Gasteiger partial charge in [-0.3, -0.25) is 9.80 Å². The summed E-state index contributed by atoms with van der Waals surface area (Å²) in [7, 11) is -1.13. The maximum Gasteiger partial charge on any atom is 0.182 e. The van der Waals surface area contributed by atoms with Crippen LogP contribution in [-0.2, 0) is 22.9 Å². The van der Waals surface area contributed by atoms with Gasteiger partial charge in [0, 0.05) is 50.7 Å². The second kappa shape index (κ2) is 7.26. The van der Waals surface area contributed by atoms with Gasteiger partial charge in [0.05, 0.1) is 17.2 Å². The van der Waals surface area contributed by atoms with E-state index in [1.54, 1.807) is 11.3 Å². The average Bonchev–Trinajstić information content (AvgIpc) is 3.21. The number of aromatic nitrogens is 1. The van der Waals surface area contributed by atoms with Crippen molar-refractivity contribution >= 4 is 26.3 Å². The van der Waals surface area contributed by atoms with Crippen molar-refractivity contribution < 1.29 is 8.42 Å². The van der Waals surface area contributed by atoms with Crippen LogP contribution in [0.3, 0.4) is 0 Å². The molecule has 1 aromatic heterocycles. The number of benzene rings is 1. The zero-order valence-corrected chi connectivity index (χ0v) is 16.5. The van der Waals surface area contributed by atoms with Crippen LogP contribution in [0.2, 0.25) is 0 Å². The molecular weight excluding hydrogens is 368 g/mol. The van der Waals surface area contributed by atoms with E-state index in [9.17, 15) is 8.42 Å². The highest BCUT2D eigenvalue weighted by Gasteiger charge is 2.46. The Hall–Kier alpha value is -1.48. The molecular formula is C18H24N4O2S2. The summed E-state index contributed by atoms with van der Waals surface area (Å²) >= 11 is 1.59. The van der Waals surface area contributed by atoms with Gasteiger partial charge in [0.2, 0.25) is 0 Å². The average molecular weight is 393 g/mol. The topological polar surface area (TPSA) is 65.5 Å². The molecule has 2 aromatic rings. The zero-order chi connectivity index (χ0) is 18.1. The first-order valence-corrected chi connectivity index (χ1v) is 11.6. The number of piperazine rings is 1. The number of hydrogen-bond donors (Lipinski definition) is 1. The van der Waals surface area contributed by atoms with Crippen LogP contribution in [0, 0.1) is 0 Å².